The maximum Gasteiger partial charge on any atom is 0.253 e. The van der Waals surface area contributed by atoms with Gasteiger partial charge in [-0.15, -0.1) is 0 Å². The van der Waals surface area contributed by atoms with Crippen LogP contribution in [0.2, 0.25) is 0 Å². The summed E-state index contributed by atoms with van der Waals surface area (Å²) >= 11 is 3.40. The van der Waals surface area contributed by atoms with Gasteiger partial charge in [0.15, 0.2) is 0 Å². The highest BCUT2D eigenvalue weighted by molar-refractivity contribution is 9.09. The van der Waals surface area contributed by atoms with Gasteiger partial charge in [-0.2, -0.15) is 0 Å². The summed E-state index contributed by atoms with van der Waals surface area (Å²) in [6.07, 6.45) is 6.32. The van der Waals surface area contributed by atoms with Gasteiger partial charge >= 0.3 is 0 Å². The summed E-state index contributed by atoms with van der Waals surface area (Å²) in [6, 6.07) is 3.60. The molecule has 1 heterocycles. The SMILES string of the molecule is Cc1ncccc1C(=O)NCCCCCCBr. The van der Waals surface area contributed by atoms with Crippen LogP contribution in [0.25, 0.3) is 0 Å². The van der Waals surface area contributed by atoms with E-state index in [1.54, 1.807) is 12.3 Å². The Morgan fingerprint density at radius 3 is 2.82 bits per heavy atom. The van der Waals surface area contributed by atoms with E-state index in [2.05, 4.69) is 26.2 Å². The Balaban J connectivity index is 2.24. The summed E-state index contributed by atoms with van der Waals surface area (Å²) in [6.45, 7) is 2.60. The number of aromatic nitrogens is 1. The van der Waals surface area contributed by atoms with Crippen molar-refractivity contribution in [2.75, 3.05) is 11.9 Å². The number of hydrogen-bond acceptors (Lipinski definition) is 2. The van der Waals surface area contributed by atoms with Crippen molar-refractivity contribution in [3.8, 4) is 0 Å². The quantitative estimate of drug-likeness (QED) is 0.621. The van der Waals surface area contributed by atoms with Crippen LogP contribution >= 0.6 is 15.9 Å². The highest BCUT2D eigenvalue weighted by Crippen LogP contribution is 2.04. The molecule has 0 unspecified atom stereocenters. The summed E-state index contributed by atoms with van der Waals surface area (Å²) in [4.78, 5) is 15.9. The zero-order valence-electron chi connectivity index (χ0n) is 10.2. The van der Waals surface area contributed by atoms with Crippen LogP contribution in [-0.2, 0) is 0 Å². The summed E-state index contributed by atoms with van der Waals surface area (Å²) in [5.74, 6) is -0.0175. The standard InChI is InChI=1S/C13H19BrN2O/c1-11-12(7-6-10-15-11)13(17)16-9-5-3-2-4-8-14/h6-7,10H,2-5,8-9H2,1H3,(H,16,17). The average molecular weight is 299 g/mol. The van der Waals surface area contributed by atoms with Gasteiger partial charge in [0.05, 0.1) is 5.56 Å². The minimum atomic E-state index is -0.0175. The van der Waals surface area contributed by atoms with Crippen molar-refractivity contribution in [3.05, 3.63) is 29.6 Å². The molecule has 3 nitrogen and oxygen atoms in total. The predicted octanol–water partition coefficient (Wildman–Crippen LogP) is 3.08. The molecule has 0 aromatic carbocycles. The molecule has 4 heteroatoms. The third-order valence-corrected chi connectivity index (χ3v) is 3.16. The first-order valence-electron chi connectivity index (χ1n) is 6.01. The second-order valence-corrected chi connectivity index (χ2v) is 4.79. The van der Waals surface area contributed by atoms with Gasteiger partial charge < -0.3 is 5.32 Å². The molecule has 0 saturated heterocycles. The van der Waals surface area contributed by atoms with Crippen molar-refractivity contribution < 1.29 is 4.79 Å². The Bertz CT molecular complexity index is 355. The van der Waals surface area contributed by atoms with E-state index in [-0.39, 0.29) is 5.91 Å². The van der Waals surface area contributed by atoms with E-state index in [9.17, 15) is 4.79 Å². The van der Waals surface area contributed by atoms with Gasteiger partial charge in [-0.1, -0.05) is 28.8 Å². The van der Waals surface area contributed by atoms with Gasteiger partial charge in [0.2, 0.25) is 0 Å². The molecule has 0 radical (unpaired) electrons. The van der Waals surface area contributed by atoms with Crippen molar-refractivity contribution in [2.24, 2.45) is 0 Å². The van der Waals surface area contributed by atoms with Crippen LogP contribution in [0, 0.1) is 6.92 Å². The lowest BCUT2D eigenvalue weighted by molar-refractivity contribution is 0.0952. The number of amides is 1. The van der Waals surface area contributed by atoms with Gasteiger partial charge in [-0.05, 0) is 31.9 Å². The minimum Gasteiger partial charge on any atom is -0.352 e. The zero-order chi connectivity index (χ0) is 12.5. The number of aryl methyl sites for hydroxylation is 1. The maximum absolute atomic E-state index is 11.8. The molecule has 0 aliphatic carbocycles. The first-order chi connectivity index (χ1) is 8.25. The number of halogens is 1. The minimum absolute atomic E-state index is 0.0175. The number of carbonyl (C=O) groups excluding carboxylic acids is 1. The first-order valence-corrected chi connectivity index (χ1v) is 7.13. The second-order valence-electron chi connectivity index (χ2n) is 4.00. The fraction of sp³-hybridized carbons (Fsp3) is 0.538. The van der Waals surface area contributed by atoms with Crippen LogP contribution in [0.1, 0.15) is 41.7 Å². The van der Waals surface area contributed by atoms with Crippen molar-refractivity contribution in [1.29, 1.82) is 0 Å². The monoisotopic (exact) mass is 298 g/mol. The Morgan fingerprint density at radius 2 is 2.12 bits per heavy atom. The molecule has 0 saturated carbocycles. The van der Waals surface area contributed by atoms with Gasteiger partial charge in [-0.3, -0.25) is 9.78 Å². The van der Waals surface area contributed by atoms with Gasteiger partial charge in [0.1, 0.15) is 0 Å². The third-order valence-electron chi connectivity index (χ3n) is 2.60. The molecule has 17 heavy (non-hydrogen) atoms. The lowest BCUT2D eigenvalue weighted by atomic mass is 10.2. The summed E-state index contributed by atoms with van der Waals surface area (Å²) in [5, 5.41) is 3.99. The van der Waals surface area contributed by atoms with Crippen LogP contribution in [-0.4, -0.2) is 22.8 Å². The fourth-order valence-corrected chi connectivity index (χ4v) is 1.99. The van der Waals surface area contributed by atoms with Crippen LogP contribution in [0.15, 0.2) is 18.3 Å². The Labute approximate surface area is 111 Å². The molecule has 0 bridgehead atoms. The smallest absolute Gasteiger partial charge is 0.253 e. The van der Waals surface area contributed by atoms with E-state index in [0.717, 1.165) is 30.4 Å². The van der Waals surface area contributed by atoms with Gasteiger partial charge in [0, 0.05) is 23.8 Å². The molecule has 0 aliphatic rings. The highest BCUT2D eigenvalue weighted by Gasteiger charge is 2.07. The molecular formula is C13H19BrN2O. The van der Waals surface area contributed by atoms with Crippen molar-refractivity contribution >= 4 is 21.8 Å². The number of hydrogen-bond donors (Lipinski definition) is 1. The summed E-state index contributed by atoms with van der Waals surface area (Å²) < 4.78 is 0. The Kier molecular flexibility index (Phi) is 6.86. The Hall–Kier alpha value is -0.900. The average Bonchev–Trinajstić information content (AvgIpc) is 2.34. The molecule has 1 N–H and O–H groups in total. The second kappa shape index (κ2) is 8.23. The Morgan fingerprint density at radius 1 is 1.35 bits per heavy atom. The molecule has 0 fully saturated rings. The van der Waals surface area contributed by atoms with E-state index in [4.69, 9.17) is 0 Å². The predicted molar refractivity (Wildman–Crippen MR) is 73.6 cm³/mol. The largest absolute Gasteiger partial charge is 0.352 e. The van der Waals surface area contributed by atoms with Gasteiger partial charge in [0.25, 0.3) is 5.91 Å². The molecule has 0 spiro atoms. The number of rotatable bonds is 7. The normalized spacial score (nSPS) is 10.2. The van der Waals surface area contributed by atoms with Crippen LogP contribution < -0.4 is 5.32 Å². The topological polar surface area (TPSA) is 42.0 Å². The lowest BCUT2D eigenvalue weighted by Crippen LogP contribution is -2.25. The van der Waals surface area contributed by atoms with E-state index in [1.807, 2.05) is 13.0 Å². The third kappa shape index (κ3) is 5.31. The summed E-state index contributed by atoms with van der Waals surface area (Å²) in [7, 11) is 0. The number of carbonyl (C=O) groups is 1. The molecule has 0 atom stereocenters. The van der Waals surface area contributed by atoms with Crippen LogP contribution in [0.3, 0.4) is 0 Å². The van der Waals surface area contributed by atoms with Crippen molar-refractivity contribution in [1.82, 2.24) is 10.3 Å². The zero-order valence-corrected chi connectivity index (χ0v) is 11.8. The van der Waals surface area contributed by atoms with E-state index >= 15 is 0 Å². The highest BCUT2D eigenvalue weighted by atomic mass is 79.9. The lowest BCUT2D eigenvalue weighted by Gasteiger charge is -2.06. The molecule has 1 aromatic heterocycles. The molecule has 0 aliphatic heterocycles. The van der Waals surface area contributed by atoms with E-state index in [1.165, 1.54) is 12.8 Å². The molecular weight excluding hydrogens is 280 g/mol. The molecule has 1 rings (SSSR count). The first kappa shape index (κ1) is 14.2. The van der Waals surface area contributed by atoms with Crippen molar-refractivity contribution in [2.45, 2.75) is 32.6 Å². The number of alkyl halides is 1. The number of nitrogens with one attached hydrogen (secondary N) is 1. The number of nitrogens with zero attached hydrogens (tertiary/aromatic N) is 1. The van der Waals surface area contributed by atoms with Crippen LogP contribution in [0.5, 0.6) is 0 Å². The summed E-state index contributed by atoms with van der Waals surface area (Å²) in [5.41, 5.74) is 1.46. The van der Waals surface area contributed by atoms with E-state index in [0.29, 0.717) is 5.56 Å². The molecule has 94 valence electrons. The van der Waals surface area contributed by atoms with Gasteiger partial charge in [-0.25, -0.2) is 0 Å². The van der Waals surface area contributed by atoms with E-state index < -0.39 is 0 Å². The van der Waals surface area contributed by atoms with Crippen LogP contribution in [0.4, 0.5) is 0 Å². The maximum atomic E-state index is 11.8. The fourth-order valence-electron chi connectivity index (χ4n) is 1.59. The number of unbranched alkanes of at least 4 members (excludes halogenated alkanes) is 3. The van der Waals surface area contributed by atoms with Crippen molar-refractivity contribution in [3.63, 3.8) is 0 Å². The molecule has 1 aromatic rings. The number of pyridine rings is 1. The molecule has 1 amide bonds.